The average molecular weight is 398 g/mol. The Morgan fingerprint density at radius 1 is 1.14 bits per heavy atom. The van der Waals surface area contributed by atoms with E-state index >= 15 is 0 Å². The second-order valence-electron chi connectivity index (χ2n) is 7.10. The third-order valence-corrected chi connectivity index (χ3v) is 7.71. The Morgan fingerprint density at radius 2 is 1.79 bits per heavy atom. The van der Waals surface area contributed by atoms with Crippen LogP contribution in [0.25, 0.3) is 0 Å². The van der Waals surface area contributed by atoms with Crippen molar-refractivity contribution in [1.82, 2.24) is 0 Å². The minimum Gasteiger partial charge on any atom is -0.478 e. The second kappa shape index (κ2) is 7.64. The van der Waals surface area contributed by atoms with Crippen LogP contribution in [0, 0.1) is 25.2 Å². The van der Waals surface area contributed by atoms with Gasteiger partial charge in [0.25, 0.3) is 0 Å². The summed E-state index contributed by atoms with van der Waals surface area (Å²) < 4.78 is 26.4. The van der Waals surface area contributed by atoms with Crippen LogP contribution < -0.4 is 4.90 Å². The van der Waals surface area contributed by atoms with Crippen LogP contribution in [0.1, 0.15) is 39.9 Å². The maximum atomic E-state index is 13.2. The fourth-order valence-corrected chi connectivity index (χ4v) is 5.78. The molecule has 0 aromatic heterocycles. The number of aryl methyl sites for hydroxylation is 2. The number of piperidine rings is 1. The van der Waals surface area contributed by atoms with Crippen molar-refractivity contribution in [1.29, 1.82) is 5.26 Å². The smallest absolute Gasteiger partial charge is 0.335 e. The van der Waals surface area contributed by atoms with Crippen LogP contribution in [0.15, 0.2) is 41.3 Å². The molecule has 2 aromatic rings. The summed E-state index contributed by atoms with van der Waals surface area (Å²) in [4.78, 5) is 13.6. The van der Waals surface area contributed by atoms with Gasteiger partial charge in [0.1, 0.15) is 6.07 Å². The molecule has 3 rings (SSSR count). The standard InChI is InChI=1S/C21H22N2O4S/c1-14-11-15(2)20(12-18(14)21(24)25)28(26,27)17-7-9-23(10-8-17)19-6-4-3-5-16(19)13-22/h3-6,11-12,17H,7-10H2,1-2H3,(H,24,25). The Hall–Kier alpha value is -2.85. The van der Waals surface area contributed by atoms with Gasteiger partial charge in [-0.1, -0.05) is 18.2 Å². The normalized spacial score (nSPS) is 15.2. The van der Waals surface area contributed by atoms with E-state index in [-0.39, 0.29) is 10.5 Å². The Labute approximate surface area is 165 Å². The summed E-state index contributed by atoms with van der Waals surface area (Å²) in [6, 6.07) is 12.4. The molecule has 1 aliphatic heterocycles. The molecule has 6 nitrogen and oxygen atoms in total. The van der Waals surface area contributed by atoms with Crippen molar-refractivity contribution in [3.05, 3.63) is 58.7 Å². The van der Waals surface area contributed by atoms with Gasteiger partial charge in [0.15, 0.2) is 9.84 Å². The minimum absolute atomic E-state index is 0.0181. The Morgan fingerprint density at radius 3 is 2.39 bits per heavy atom. The van der Waals surface area contributed by atoms with Gasteiger partial charge in [-0.05, 0) is 56.0 Å². The first-order chi connectivity index (χ1) is 13.3. The molecule has 0 saturated carbocycles. The maximum absolute atomic E-state index is 13.2. The largest absolute Gasteiger partial charge is 0.478 e. The summed E-state index contributed by atoms with van der Waals surface area (Å²) in [6.45, 7) is 4.42. The van der Waals surface area contributed by atoms with Crippen molar-refractivity contribution in [3.63, 3.8) is 0 Å². The topological polar surface area (TPSA) is 98.5 Å². The molecule has 0 radical (unpaired) electrons. The highest BCUT2D eigenvalue weighted by Gasteiger charge is 2.33. The van der Waals surface area contributed by atoms with Crippen LogP contribution in [-0.2, 0) is 9.84 Å². The molecule has 0 bridgehead atoms. The fourth-order valence-electron chi connectivity index (χ4n) is 3.80. The van der Waals surface area contributed by atoms with Crippen LogP contribution >= 0.6 is 0 Å². The molecule has 1 heterocycles. The van der Waals surface area contributed by atoms with E-state index in [1.165, 1.54) is 6.07 Å². The minimum atomic E-state index is -3.64. The lowest BCUT2D eigenvalue weighted by Crippen LogP contribution is -2.39. The molecule has 1 saturated heterocycles. The van der Waals surface area contributed by atoms with Gasteiger partial charge in [0, 0.05) is 13.1 Å². The van der Waals surface area contributed by atoms with Gasteiger partial charge < -0.3 is 10.0 Å². The predicted octanol–water partition coefficient (Wildman–Crippen LogP) is 3.32. The lowest BCUT2D eigenvalue weighted by Gasteiger charge is -2.34. The number of sulfone groups is 1. The van der Waals surface area contributed by atoms with Crippen LogP contribution in [0.5, 0.6) is 0 Å². The summed E-state index contributed by atoms with van der Waals surface area (Å²) in [5, 5.41) is 18.1. The number of para-hydroxylation sites is 1. The van der Waals surface area contributed by atoms with Gasteiger partial charge >= 0.3 is 5.97 Å². The first kappa shape index (κ1) is 19.9. The van der Waals surface area contributed by atoms with Crippen molar-refractivity contribution in [2.75, 3.05) is 18.0 Å². The third kappa shape index (κ3) is 3.60. The average Bonchev–Trinajstić information content (AvgIpc) is 2.67. The van der Waals surface area contributed by atoms with Crippen molar-refractivity contribution < 1.29 is 18.3 Å². The molecule has 146 valence electrons. The highest BCUT2D eigenvalue weighted by Crippen LogP contribution is 2.31. The number of rotatable bonds is 4. The van der Waals surface area contributed by atoms with E-state index in [4.69, 9.17) is 0 Å². The van der Waals surface area contributed by atoms with Crippen molar-refractivity contribution >= 4 is 21.5 Å². The van der Waals surface area contributed by atoms with E-state index in [1.807, 2.05) is 17.0 Å². The van der Waals surface area contributed by atoms with E-state index in [0.29, 0.717) is 42.6 Å². The van der Waals surface area contributed by atoms with E-state index in [0.717, 1.165) is 5.69 Å². The zero-order valence-electron chi connectivity index (χ0n) is 15.8. The zero-order chi connectivity index (χ0) is 20.5. The Balaban J connectivity index is 1.85. The quantitative estimate of drug-likeness (QED) is 0.848. The van der Waals surface area contributed by atoms with Crippen molar-refractivity contribution in [2.45, 2.75) is 36.8 Å². The van der Waals surface area contributed by atoms with Crippen LogP contribution in [0.2, 0.25) is 0 Å². The zero-order valence-corrected chi connectivity index (χ0v) is 16.7. The van der Waals surface area contributed by atoms with Gasteiger partial charge in [-0.15, -0.1) is 0 Å². The molecule has 1 aliphatic rings. The monoisotopic (exact) mass is 398 g/mol. The summed E-state index contributed by atoms with van der Waals surface area (Å²) in [6.07, 6.45) is 0.857. The molecule has 0 atom stereocenters. The number of carbonyl (C=O) groups is 1. The highest BCUT2D eigenvalue weighted by atomic mass is 32.2. The molecule has 1 fully saturated rings. The van der Waals surface area contributed by atoms with E-state index in [2.05, 4.69) is 6.07 Å². The van der Waals surface area contributed by atoms with Gasteiger partial charge in [-0.2, -0.15) is 5.26 Å². The molecule has 1 N–H and O–H groups in total. The number of nitrogens with zero attached hydrogens (tertiary/aromatic N) is 2. The van der Waals surface area contributed by atoms with Crippen LogP contribution in [0.4, 0.5) is 5.69 Å². The van der Waals surface area contributed by atoms with E-state index in [9.17, 15) is 23.6 Å². The summed E-state index contributed by atoms with van der Waals surface area (Å²) in [5.41, 5.74) is 2.53. The van der Waals surface area contributed by atoms with Crippen LogP contribution in [0.3, 0.4) is 0 Å². The number of benzene rings is 2. The van der Waals surface area contributed by atoms with Crippen molar-refractivity contribution in [3.8, 4) is 6.07 Å². The molecule has 0 amide bonds. The van der Waals surface area contributed by atoms with Gasteiger partial charge in [-0.3, -0.25) is 0 Å². The van der Waals surface area contributed by atoms with E-state index < -0.39 is 21.1 Å². The van der Waals surface area contributed by atoms with Crippen molar-refractivity contribution in [2.24, 2.45) is 0 Å². The highest BCUT2D eigenvalue weighted by molar-refractivity contribution is 7.92. The number of aromatic carboxylic acids is 1. The Kier molecular flexibility index (Phi) is 5.43. The van der Waals surface area contributed by atoms with Gasteiger partial charge in [-0.25, -0.2) is 13.2 Å². The molecule has 28 heavy (non-hydrogen) atoms. The SMILES string of the molecule is Cc1cc(C)c(S(=O)(=O)C2CCN(c3ccccc3C#N)CC2)cc1C(=O)O. The first-order valence-electron chi connectivity index (χ1n) is 9.08. The predicted molar refractivity (Wildman–Crippen MR) is 106 cm³/mol. The lowest BCUT2D eigenvalue weighted by atomic mass is 10.1. The van der Waals surface area contributed by atoms with E-state index in [1.54, 1.807) is 32.0 Å². The van der Waals surface area contributed by atoms with Gasteiger partial charge in [0.05, 0.1) is 27.0 Å². The number of hydrogen-bond acceptors (Lipinski definition) is 5. The third-order valence-electron chi connectivity index (χ3n) is 5.30. The lowest BCUT2D eigenvalue weighted by molar-refractivity contribution is 0.0696. The molecular formula is C21H22N2O4S. The summed E-state index contributed by atoms with van der Waals surface area (Å²) in [5.74, 6) is -1.13. The van der Waals surface area contributed by atoms with Crippen LogP contribution in [-0.4, -0.2) is 37.8 Å². The first-order valence-corrected chi connectivity index (χ1v) is 10.6. The summed E-state index contributed by atoms with van der Waals surface area (Å²) >= 11 is 0. The fraction of sp³-hybridized carbons (Fsp3) is 0.333. The molecule has 7 heteroatoms. The maximum Gasteiger partial charge on any atom is 0.335 e. The second-order valence-corrected chi connectivity index (χ2v) is 9.29. The number of hydrogen-bond donors (Lipinski definition) is 1. The Bertz CT molecular complexity index is 1060. The molecule has 0 spiro atoms. The number of carboxylic acids is 1. The van der Waals surface area contributed by atoms with Gasteiger partial charge in [0.2, 0.25) is 0 Å². The summed E-state index contributed by atoms with van der Waals surface area (Å²) in [7, 11) is -3.64. The number of nitriles is 1. The molecule has 2 aromatic carbocycles. The molecular weight excluding hydrogens is 376 g/mol. The number of anilines is 1. The molecule has 0 aliphatic carbocycles. The number of carboxylic acid groups (broad SMARTS) is 1. The molecule has 0 unspecified atom stereocenters.